The highest BCUT2D eigenvalue weighted by atomic mass is 16.5. The first-order valence-corrected chi connectivity index (χ1v) is 9.73. The number of esters is 1. The summed E-state index contributed by atoms with van der Waals surface area (Å²) in [5.74, 6) is 0.368. The Hall–Kier alpha value is -3.28. The van der Waals surface area contributed by atoms with Crippen LogP contribution < -0.4 is 14.8 Å². The zero-order valence-corrected chi connectivity index (χ0v) is 16.6. The van der Waals surface area contributed by atoms with Gasteiger partial charge in [0, 0.05) is 18.2 Å². The van der Waals surface area contributed by atoms with Crippen LogP contribution >= 0.6 is 0 Å². The van der Waals surface area contributed by atoms with Gasteiger partial charge in [-0.15, -0.1) is 0 Å². The number of rotatable bonds is 6. The van der Waals surface area contributed by atoms with E-state index in [1.54, 1.807) is 12.1 Å². The normalized spacial score (nSPS) is 14.1. The second-order valence-corrected chi connectivity index (χ2v) is 6.71. The maximum atomic E-state index is 12.2. The summed E-state index contributed by atoms with van der Waals surface area (Å²) >= 11 is 0. The van der Waals surface area contributed by atoms with E-state index in [2.05, 4.69) is 12.2 Å². The number of ether oxygens (including phenoxy) is 3. The van der Waals surface area contributed by atoms with Gasteiger partial charge in [0.05, 0.1) is 13.2 Å². The molecule has 1 amide bonds. The molecule has 1 aliphatic rings. The molecule has 0 radical (unpaired) electrons. The standard InChI is InChI=1S/C23H25NO5/c1-3-17-5-9-19(10-6-17)24-23(26)16(2)29-22(25)12-8-18-7-11-20-21(15-18)28-14-4-13-27-20/h5-12,15-16H,3-4,13-14H2,1-2H3,(H,24,26)/b12-8+/t16-/m0/s1. The number of hydrogen-bond donors (Lipinski definition) is 1. The average Bonchev–Trinajstić information content (AvgIpc) is 2.97. The van der Waals surface area contributed by atoms with Crippen LogP contribution in [-0.4, -0.2) is 31.2 Å². The van der Waals surface area contributed by atoms with Crippen molar-refractivity contribution in [3.63, 3.8) is 0 Å². The summed E-state index contributed by atoms with van der Waals surface area (Å²) in [7, 11) is 0. The molecule has 0 aromatic heterocycles. The molecule has 0 spiro atoms. The molecule has 1 N–H and O–H groups in total. The van der Waals surface area contributed by atoms with Crippen molar-refractivity contribution in [3.05, 3.63) is 59.7 Å². The van der Waals surface area contributed by atoms with Crippen LogP contribution in [0.3, 0.4) is 0 Å². The van der Waals surface area contributed by atoms with Crippen LogP contribution in [0.5, 0.6) is 11.5 Å². The van der Waals surface area contributed by atoms with Crippen LogP contribution in [0, 0.1) is 0 Å². The minimum atomic E-state index is -0.915. The molecule has 1 heterocycles. The third-order valence-corrected chi connectivity index (χ3v) is 4.48. The zero-order chi connectivity index (χ0) is 20.6. The third kappa shape index (κ3) is 5.85. The highest BCUT2D eigenvalue weighted by molar-refractivity contribution is 5.96. The lowest BCUT2D eigenvalue weighted by Crippen LogP contribution is -2.29. The number of nitrogens with one attached hydrogen (secondary N) is 1. The van der Waals surface area contributed by atoms with Crippen LogP contribution in [0.25, 0.3) is 6.08 Å². The fraction of sp³-hybridized carbons (Fsp3) is 0.304. The van der Waals surface area contributed by atoms with Crippen molar-refractivity contribution in [1.82, 2.24) is 0 Å². The van der Waals surface area contributed by atoms with Crippen molar-refractivity contribution >= 4 is 23.6 Å². The van der Waals surface area contributed by atoms with E-state index in [1.807, 2.05) is 36.4 Å². The third-order valence-electron chi connectivity index (χ3n) is 4.48. The first-order valence-electron chi connectivity index (χ1n) is 9.73. The molecule has 2 aromatic rings. The molecule has 0 saturated carbocycles. The molecule has 3 rings (SSSR count). The highest BCUT2D eigenvalue weighted by Gasteiger charge is 2.17. The van der Waals surface area contributed by atoms with Gasteiger partial charge in [-0.25, -0.2) is 4.79 Å². The van der Waals surface area contributed by atoms with Crippen LogP contribution in [0.2, 0.25) is 0 Å². The van der Waals surface area contributed by atoms with Gasteiger partial charge in [-0.05, 0) is 54.8 Å². The first kappa shape index (κ1) is 20.5. The lowest BCUT2D eigenvalue weighted by atomic mass is 10.1. The summed E-state index contributed by atoms with van der Waals surface area (Å²) in [4.78, 5) is 24.3. The summed E-state index contributed by atoms with van der Waals surface area (Å²) in [6.07, 6.45) is 3.75. The van der Waals surface area contributed by atoms with Crippen molar-refractivity contribution in [1.29, 1.82) is 0 Å². The highest BCUT2D eigenvalue weighted by Crippen LogP contribution is 2.30. The van der Waals surface area contributed by atoms with Crippen molar-refractivity contribution in [2.24, 2.45) is 0 Å². The van der Waals surface area contributed by atoms with E-state index in [9.17, 15) is 9.59 Å². The minimum Gasteiger partial charge on any atom is -0.490 e. The molecule has 2 aromatic carbocycles. The number of carbonyl (C=O) groups excluding carboxylic acids is 2. The van der Waals surface area contributed by atoms with Crippen LogP contribution in [0.4, 0.5) is 5.69 Å². The van der Waals surface area contributed by atoms with Crippen LogP contribution in [0.15, 0.2) is 48.5 Å². The quantitative estimate of drug-likeness (QED) is 0.591. The minimum absolute atomic E-state index is 0.383. The van der Waals surface area contributed by atoms with E-state index in [0.717, 1.165) is 18.4 Å². The van der Waals surface area contributed by atoms with Gasteiger partial charge in [-0.2, -0.15) is 0 Å². The van der Waals surface area contributed by atoms with Gasteiger partial charge >= 0.3 is 5.97 Å². The van der Waals surface area contributed by atoms with E-state index in [4.69, 9.17) is 14.2 Å². The molecule has 0 aliphatic carbocycles. The van der Waals surface area contributed by atoms with Crippen molar-refractivity contribution in [2.45, 2.75) is 32.8 Å². The van der Waals surface area contributed by atoms with E-state index >= 15 is 0 Å². The van der Waals surface area contributed by atoms with E-state index in [1.165, 1.54) is 18.6 Å². The van der Waals surface area contributed by atoms with Gasteiger partial charge in [-0.1, -0.05) is 25.1 Å². The monoisotopic (exact) mass is 395 g/mol. The predicted octanol–water partition coefficient (Wildman–Crippen LogP) is 3.99. The molecular weight excluding hydrogens is 370 g/mol. The molecule has 0 fully saturated rings. The molecule has 6 nitrogen and oxygen atoms in total. The van der Waals surface area contributed by atoms with E-state index in [-0.39, 0.29) is 5.91 Å². The van der Waals surface area contributed by atoms with Gasteiger partial charge in [0.25, 0.3) is 5.91 Å². The lowest BCUT2D eigenvalue weighted by molar-refractivity contribution is -0.148. The van der Waals surface area contributed by atoms with Gasteiger partial charge < -0.3 is 19.5 Å². The van der Waals surface area contributed by atoms with Gasteiger partial charge in [0.15, 0.2) is 17.6 Å². The Bertz CT molecular complexity index is 889. The van der Waals surface area contributed by atoms with Gasteiger partial charge in [-0.3, -0.25) is 4.79 Å². The molecule has 0 bridgehead atoms. The summed E-state index contributed by atoms with van der Waals surface area (Å²) in [5.41, 5.74) is 2.62. The largest absolute Gasteiger partial charge is 0.490 e. The maximum Gasteiger partial charge on any atom is 0.331 e. The second-order valence-electron chi connectivity index (χ2n) is 6.71. The van der Waals surface area contributed by atoms with Crippen molar-refractivity contribution in [2.75, 3.05) is 18.5 Å². The predicted molar refractivity (Wildman–Crippen MR) is 111 cm³/mol. The van der Waals surface area contributed by atoms with Gasteiger partial charge in [0.2, 0.25) is 0 Å². The molecule has 6 heteroatoms. The molecule has 29 heavy (non-hydrogen) atoms. The number of carbonyl (C=O) groups is 2. The molecule has 1 atom stereocenters. The van der Waals surface area contributed by atoms with E-state index < -0.39 is 12.1 Å². The van der Waals surface area contributed by atoms with Crippen molar-refractivity contribution < 1.29 is 23.8 Å². The fourth-order valence-electron chi connectivity index (χ4n) is 2.78. The number of hydrogen-bond acceptors (Lipinski definition) is 5. The second kappa shape index (κ2) is 9.78. The first-order chi connectivity index (χ1) is 14.0. The molecular formula is C23H25NO5. The topological polar surface area (TPSA) is 73.9 Å². The van der Waals surface area contributed by atoms with E-state index in [0.29, 0.717) is 30.4 Å². The molecule has 0 unspecified atom stereocenters. The number of fused-ring (bicyclic) bond motifs is 1. The number of aryl methyl sites for hydroxylation is 1. The SMILES string of the molecule is CCc1ccc(NC(=O)[C@H](C)OC(=O)/C=C/c2ccc3c(c2)OCCCO3)cc1. The molecule has 152 valence electrons. The summed E-state index contributed by atoms with van der Waals surface area (Å²) < 4.78 is 16.4. The Morgan fingerprint density at radius 2 is 1.83 bits per heavy atom. The molecule has 0 saturated heterocycles. The fourth-order valence-corrected chi connectivity index (χ4v) is 2.78. The smallest absolute Gasteiger partial charge is 0.331 e. The Labute approximate surface area is 170 Å². The number of anilines is 1. The number of amides is 1. The Morgan fingerprint density at radius 3 is 2.55 bits per heavy atom. The molecule has 1 aliphatic heterocycles. The van der Waals surface area contributed by atoms with Crippen LogP contribution in [-0.2, 0) is 20.7 Å². The lowest BCUT2D eigenvalue weighted by Gasteiger charge is -2.12. The summed E-state index contributed by atoms with van der Waals surface area (Å²) in [5, 5.41) is 2.74. The number of benzene rings is 2. The van der Waals surface area contributed by atoms with Crippen molar-refractivity contribution in [3.8, 4) is 11.5 Å². The zero-order valence-electron chi connectivity index (χ0n) is 16.6. The average molecular weight is 395 g/mol. The Morgan fingerprint density at radius 1 is 1.10 bits per heavy atom. The summed E-state index contributed by atoms with van der Waals surface area (Å²) in [6.45, 7) is 4.82. The summed E-state index contributed by atoms with van der Waals surface area (Å²) in [6, 6.07) is 13.0. The van der Waals surface area contributed by atoms with Gasteiger partial charge in [0.1, 0.15) is 0 Å². The Kier molecular flexibility index (Phi) is 6.89. The van der Waals surface area contributed by atoms with Crippen LogP contribution in [0.1, 0.15) is 31.4 Å². The Balaban J connectivity index is 1.53. The maximum absolute atomic E-state index is 12.2.